The summed E-state index contributed by atoms with van der Waals surface area (Å²) in [4.78, 5) is 37.5. The lowest BCUT2D eigenvalue weighted by Gasteiger charge is -2.39. The first-order chi connectivity index (χ1) is 19.6. The number of halogens is 3. The molecular formula is C28H34F3N7O3. The molecule has 4 aliphatic heterocycles. The molecule has 1 aromatic heterocycles. The van der Waals surface area contributed by atoms with Crippen LogP contribution in [0.1, 0.15) is 66.6 Å². The number of carbonyl (C=O) groups is 2. The zero-order valence-electron chi connectivity index (χ0n) is 22.6. The largest absolute Gasteiger partial charge is 0.490 e. The summed E-state index contributed by atoms with van der Waals surface area (Å²) in [6.45, 7) is 2.72. The van der Waals surface area contributed by atoms with Crippen molar-refractivity contribution in [3.8, 4) is 5.75 Å². The molecule has 4 aliphatic rings. The van der Waals surface area contributed by atoms with E-state index in [-0.39, 0.29) is 29.8 Å². The second-order valence-corrected chi connectivity index (χ2v) is 11.4. The van der Waals surface area contributed by atoms with E-state index >= 15 is 0 Å². The highest BCUT2D eigenvalue weighted by Crippen LogP contribution is 2.41. The molecule has 1 aromatic carbocycles. The van der Waals surface area contributed by atoms with E-state index in [0.717, 1.165) is 44.8 Å². The Hall–Kier alpha value is -3.61. The van der Waals surface area contributed by atoms with E-state index in [1.54, 1.807) is 0 Å². The zero-order chi connectivity index (χ0) is 28.7. The third kappa shape index (κ3) is 5.90. The number of piperidine rings is 1. The average molecular weight is 574 g/mol. The number of aromatic nitrogens is 2. The Bertz CT molecular complexity index is 1300. The summed E-state index contributed by atoms with van der Waals surface area (Å²) in [5.41, 5.74) is 5.52. The molecule has 0 aliphatic carbocycles. The summed E-state index contributed by atoms with van der Waals surface area (Å²) in [5, 5.41) is 5.87. The third-order valence-corrected chi connectivity index (χ3v) is 8.53. The molecule has 4 saturated heterocycles. The summed E-state index contributed by atoms with van der Waals surface area (Å²) in [6.07, 6.45) is 1.10. The van der Waals surface area contributed by atoms with Crippen molar-refractivity contribution in [3.63, 3.8) is 0 Å². The van der Waals surface area contributed by atoms with Crippen LogP contribution in [-0.2, 0) is 17.5 Å². The first kappa shape index (κ1) is 27.6. The smallest absolute Gasteiger partial charge is 0.416 e. The molecule has 2 bridgehead atoms. The maximum absolute atomic E-state index is 13.5. The minimum atomic E-state index is -4.42. The fraction of sp³-hybridized carbons (Fsp3) is 0.571. The van der Waals surface area contributed by atoms with Crippen LogP contribution in [0.15, 0.2) is 24.3 Å². The van der Waals surface area contributed by atoms with Gasteiger partial charge >= 0.3 is 6.18 Å². The van der Waals surface area contributed by atoms with Gasteiger partial charge in [0, 0.05) is 49.6 Å². The number of nitrogens with one attached hydrogen (secondary N) is 2. The van der Waals surface area contributed by atoms with Crippen LogP contribution in [-0.4, -0.2) is 70.5 Å². The number of hydrogen-bond acceptors (Lipinski definition) is 8. The van der Waals surface area contributed by atoms with Crippen LogP contribution in [0.5, 0.6) is 5.75 Å². The molecule has 10 nitrogen and oxygen atoms in total. The van der Waals surface area contributed by atoms with Gasteiger partial charge in [-0.3, -0.25) is 14.5 Å². The minimum Gasteiger partial charge on any atom is -0.490 e. The van der Waals surface area contributed by atoms with Crippen LogP contribution in [0.25, 0.3) is 0 Å². The number of hydrogen-bond donors (Lipinski definition) is 3. The van der Waals surface area contributed by atoms with Gasteiger partial charge in [-0.2, -0.15) is 18.2 Å². The Balaban J connectivity index is 1.21. The molecule has 0 radical (unpaired) electrons. The maximum Gasteiger partial charge on any atom is 0.416 e. The van der Waals surface area contributed by atoms with Crippen LogP contribution >= 0.6 is 0 Å². The monoisotopic (exact) mass is 573 g/mol. The number of fused-ring (bicyclic) bond motifs is 2. The van der Waals surface area contributed by atoms with E-state index in [0.29, 0.717) is 55.4 Å². The van der Waals surface area contributed by atoms with Crippen molar-refractivity contribution in [1.82, 2.24) is 20.2 Å². The maximum atomic E-state index is 13.5. The topological polar surface area (TPSA) is 126 Å². The standard InChI is InChI=1S/C28H34F3N7O3/c29-28(30,31)17-3-6-23(16(11-17)15-37-9-1-2-10-37)41-20-12-18-4-5-19(13-20)38(18)27-35-22(25(32)39)14-24(36-27)34-21-7-8-33-26(21)40/h3,6,11,14,18-21H,1-2,4-5,7-10,12-13,15H2,(H2,32,39)(H,33,40)(H,34,35,36)/t18-,19+,20?,21-/m0/s1. The Morgan fingerprint density at radius 1 is 1.10 bits per heavy atom. The lowest BCUT2D eigenvalue weighted by molar-refractivity contribution is -0.137. The zero-order valence-corrected chi connectivity index (χ0v) is 22.6. The van der Waals surface area contributed by atoms with Crippen LogP contribution in [0.3, 0.4) is 0 Å². The molecular weight excluding hydrogens is 539 g/mol. The number of anilines is 2. The van der Waals surface area contributed by atoms with Gasteiger partial charge in [0.1, 0.15) is 29.4 Å². The Labute approximate surface area is 235 Å². The van der Waals surface area contributed by atoms with E-state index in [2.05, 4.69) is 30.4 Å². The van der Waals surface area contributed by atoms with Crippen LogP contribution in [0, 0.1) is 0 Å². The van der Waals surface area contributed by atoms with Gasteiger partial charge < -0.3 is 26.0 Å². The normalized spacial score (nSPS) is 26.3. The molecule has 2 aromatic rings. The molecule has 41 heavy (non-hydrogen) atoms. The molecule has 13 heteroatoms. The first-order valence-electron chi connectivity index (χ1n) is 14.2. The van der Waals surface area contributed by atoms with Crippen molar-refractivity contribution < 1.29 is 27.5 Å². The second-order valence-electron chi connectivity index (χ2n) is 11.4. The van der Waals surface area contributed by atoms with Gasteiger partial charge in [-0.1, -0.05) is 0 Å². The molecule has 220 valence electrons. The summed E-state index contributed by atoms with van der Waals surface area (Å²) in [5.74, 6) is 0.413. The van der Waals surface area contributed by atoms with Crippen molar-refractivity contribution in [3.05, 3.63) is 41.1 Å². The summed E-state index contributed by atoms with van der Waals surface area (Å²) in [7, 11) is 0. The predicted molar refractivity (Wildman–Crippen MR) is 144 cm³/mol. The summed E-state index contributed by atoms with van der Waals surface area (Å²) >= 11 is 0. The molecule has 6 rings (SSSR count). The SMILES string of the molecule is NC(=O)c1cc(N[C@H]2CCNC2=O)nc(N2[C@@H]3CC[C@H]2CC(Oc2ccc(C(F)(F)F)cc2CN2CCCC2)C3)n1. The number of rotatable bonds is 8. The highest BCUT2D eigenvalue weighted by Gasteiger charge is 2.43. The van der Waals surface area contributed by atoms with Crippen molar-refractivity contribution in [2.75, 3.05) is 29.9 Å². The van der Waals surface area contributed by atoms with E-state index in [4.69, 9.17) is 10.5 Å². The average Bonchev–Trinajstić information content (AvgIpc) is 3.64. The Morgan fingerprint density at radius 3 is 2.46 bits per heavy atom. The highest BCUT2D eigenvalue weighted by molar-refractivity contribution is 5.92. The van der Waals surface area contributed by atoms with Gasteiger partial charge in [-0.15, -0.1) is 0 Å². The Morgan fingerprint density at radius 2 is 1.83 bits per heavy atom. The first-order valence-corrected chi connectivity index (χ1v) is 14.2. The van der Waals surface area contributed by atoms with Crippen LogP contribution < -0.4 is 26.0 Å². The van der Waals surface area contributed by atoms with E-state index in [1.165, 1.54) is 18.2 Å². The van der Waals surface area contributed by atoms with Crippen molar-refractivity contribution in [1.29, 1.82) is 0 Å². The second kappa shape index (κ2) is 11.0. The highest BCUT2D eigenvalue weighted by atomic mass is 19.4. The lowest BCUT2D eigenvalue weighted by Crippen LogP contribution is -2.47. The molecule has 4 N–H and O–H groups in total. The molecule has 5 heterocycles. The molecule has 2 amide bonds. The van der Waals surface area contributed by atoms with Crippen molar-refractivity contribution in [2.24, 2.45) is 5.73 Å². The number of amides is 2. The van der Waals surface area contributed by atoms with Gasteiger partial charge in [0.25, 0.3) is 5.91 Å². The fourth-order valence-corrected chi connectivity index (χ4v) is 6.57. The van der Waals surface area contributed by atoms with E-state index in [1.807, 2.05) is 0 Å². The Kier molecular flexibility index (Phi) is 7.39. The number of ether oxygens (including phenoxy) is 1. The molecule has 1 unspecified atom stereocenters. The minimum absolute atomic E-state index is 0.0287. The molecule has 4 atom stereocenters. The molecule has 4 fully saturated rings. The number of alkyl halides is 3. The summed E-state index contributed by atoms with van der Waals surface area (Å²) < 4.78 is 46.9. The van der Waals surface area contributed by atoms with Gasteiger partial charge in [0.2, 0.25) is 11.9 Å². The number of carbonyl (C=O) groups excluding carboxylic acids is 2. The number of benzene rings is 1. The number of primary amides is 1. The quantitative estimate of drug-likeness (QED) is 0.440. The molecule has 0 saturated carbocycles. The summed E-state index contributed by atoms with van der Waals surface area (Å²) in [6, 6.07) is 4.84. The fourth-order valence-electron chi connectivity index (χ4n) is 6.57. The van der Waals surface area contributed by atoms with Gasteiger partial charge in [-0.25, -0.2) is 4.98 Å². The van der Waals surface area contributed by atoms with E-state index < -0.39 is 23.7 Å². The van der Waals surface area contributed by atoms with Crippen molar-refractivity contribution >= 4 is 23.6 Å². The van der Waals surface area contributed by atoms with Gasteiger partial charge in [-0.05, 0) is 63.4 Å². The molecule has 0 spiro atoms. The third-order valence-electron chi connectivity index (χ3n) is 8.53. The lowest BCUT2D eigenvalue weighted by atomic mass is 9.99. The predicted octanol–water partition coefficient (Wildman–Crippen LogP) is 3.07. The van der Waals surface area contributed by atoms with E-state index in [9.17, 15) is 22.8 Å². The number of nitrogens with two attached hydrogens (primary N) is 1. The number of likely N-dealkylation sites (tertiary alicyclic amines) is 1. The van der Waals surface area contributed by atoms with Gasteiger partial charge in [0.15, 0.2) is 0 Å². The van der Waals surface area contributed by atoms with Crippen LogP contribution in [0.4, 0.5) is 24.9 Å². The van der Waals surface area contributed by atoms with Gasteiger partial charge in [0.05, 0.1) is 5.56 Å². The number of nitrogens with zero attached hydrogens (tertiary/aromatic N) is 4. The van der Waals surface area contributed by atoms with Crippen LogP contribution in [0.2, 0.25) is 0 Å². The van der Waals surface area contributed by atoms with Crippen molar-refractivity contribution in [2.45, 2.75) is 81.9 Å².